The molecule has 22 heteroatoms. The Morgan fingerprint density at radius 2 is 0.787 bits per heavy atom. The Morgan fingerprint density at radius 1 is 0.508 bits per heavy atom. The van der Waals surface area contributed by atoms with Crippen molar-refractivity contribution in [1.29, 1.82) is 0 Å². The van der Waals surface area contributed by atoms with Crippen LogP contribution in [-0.4, -0.2) is 162 Å². The van der Waals surface area contributed by atoms with E-state index in [1.807, 2.05) is 0 Å². The van der Waals surface area contributed by atoms with Gasteiger partial charge in [0.15, 0.2) is 5.60 Å². The zero-order valence-corrected chi connectivity index (χ0v) is 33.5. The van der Waals surface area contributed by atoms with E-state index in [4.69, 9.17) is 42.6 Å². The summed E-state index contributed by atoms with van der Waals surface area (Å²) in [6, 6.07) is 0. The fourth-order valence-corrected chi connectivity index (χ4v) is 8.07. The largest absolute Gasteiger partial charge is 0.466 e. The van der Waals surface area contributed by atoms with Crippen LogP contribution in [0.5, 0.6) is 0 Å². The van der Waals surface area contributed by atoms with Gasteiger partial charge in [-0.05, 0) is 18.2 Å². The summed E-state index contributed by atoms with van der Waals surface area (Å²) >= 11 is 0. The topological polar surface area (TPSA) is 293 Å². The SMILES string of the molecule is COC(=O)C1=C(C(=O)OC)C2(CNC(=O)CC(O)(CC(=O)NCC34C=CC(O3)C(C(=O)OC)=C4C(=O)OC)C(=O)NCC34C=CC(O3)C(C(=O)OC)=C4C(=O)OC)C=CC1O2. The lowest BCUT2D eigenvalue weighted by atomic mass is 9.85. The first-order chi connectivity index (χ1) is 28.9. The van der Waals surface area contributed by atoms with Crippen molar-refractivity contribution in [3.8, 4) is 0 Å². The third-order valence-corrected chi connectivity index (χ3v) is 10.9. The molecule has 0 aromatic carbocycles. The Labute approximate surface area is 345 Å². The molecule has 6 aliphatic heterocycles. The predicted octanol–water partition coefficient (Wildman–Crippen LogP) is -3.10. The summed E-state index contributed by atoms with van der Waals surface area (Å²) in [5.41, 5.74) is -9.50. The second-order valence-electron chi connectivity index (χ2n) is 14.3. The van der Waals surface area contributed by atoms with Gasteiger partial charge in [0, 0.05) is 0 Å². The highest BCUT2D eigenvalue weighted by Gasteiger charge is 2.58. The van der Waals surface area contributed by atoms with E-state index in [1.54, 1.807) is 0 Å². The van der Waals surface area contributed by atoms with E-state index in [2.05, 4.69) is 16.0 Å². The van der Waals surface area contributed by atoms with Gasteiger partial charge in [-0.15, -0.1) is 0 Å². The number of nitrogens with one attached hydrogen (secondary N) is 3. The van der Waals surface area contributed by atoms with Crippen molar-refractivity contribution in [2.45, 2.75) is 53.6 Å². The van der Waals surface area contributed by atoms with E-state index >= 15 is 0 Å². The van der Waals surface area contributed by atoms with E-state index in [-0.39, 0.29) is 33.4 Å². The summed E-state index contributed by atoms with van der Waals surface area (Å²) in [6.45, 7) is -1.69. The fourth-order valence-electron chi connectivity index (χ4n) is 8.07. The number of aliphatic hydroxyl groups is 1. The summed E-state index contributed by atoms with van der Waals surface area (Å²) in [4.78, 5) is 118. The van der Waals surface area contributed by atoms with Crippen LogP contribution in [0.3, 0.4) is 0 Å². The van der Waals surface area contributed by atoms with Crippen LogP contribution in [0.15, 0.2) is 69.9 Å². The molecule has 0 radical (unpaired) electrons. The molecule has 61 heavy (non-hydrogen) atoms. The summed E-state index contributed by atoms with van der Waals surface area (Å²) in [6.07, 6.45) is 3.18. The minimum Gasteiger partial charge on any atom is -0.466 e. The zero-order chi connectivity index (χ0) is 44.7. The van der Waals surface area contributed by atoms with E-state index in [0.717, 1.165) is 42.7 Å². The number of carbonyl (C=O) groups is 9. The number of esters is 6. The van der Waals surface area contributed by atoms with Crippen LogP contribution in [0.1, 0.15) is 12.8 Å². The molecule has 0 saturated carbocycles. The molecule has 3 amide bonds. The van der Waals surface area contributed by atoms with Gasteiger partial charge in [-0.1, -0.05) is 18.2 Å². The Morgan fingerprint density at radius 3 is 1.07 bits per heavy atom. The minimum atomic E-state index is -2.91. The van der Waals surface area contributed by atoms with Crippen LogP contribution in [-0.2, 0) is 85.8 Å². The molecule has 0 aliphatic carbocycles. The van der Waals surface area contributed by atoms with E-state index in [0.29, 0.717) is 0 Å². The number of rotatable bonds is 17. The molecule has 0 saturated heterocycles. The van der Waals surface area contributed by atoms with Crippen molar-refractivity contribution in [1.82, 2.24) is 16.0 Å². The van der Waals surface area contributed by atoms with Crippen molar-refractivity contribution in [3.05, 3.63) is 69.9 Å². The van der Waals surface area contributed by atoms with Crippen LogP contribution in [0.25, 0.3) is 0 Å². The molecule has 0 spiro atoms. The molecule has 6 rings (SSSR count). The third kappa shape index (κ3) is 7.40. The lowest BCUT2D eigenvalue weighted by Gasteiger charge is -2.31. The van der Waals surface area contributed by atoms with Crippen LogP contribution in [0.4, 0.5) is 0 Å². The number of methoxy groups -OCH3 is 6. The van der Waals surface area contributed by atoms with Crippen LogP contribution >= 0.6 is 0 Å². The van der Waals surface area contributed by atoms with Crippen LogP contribution in [0, 0.1) is 0 Å². The molecule has 326 valence electrons. The number of hydrogen-bond donors (Lipinski definition) is 4. The monoisotopic (exact) mass is 855 g/mol. The van der Waals surface area contributed by atoms with Gasteiger partial charge in [-0.2, -0.15) is 0 Å². The Hall–Kier alpha value is -6.49. The molecule has 6 aliphatic rings. The number of amides is 3. The van der Waals surface area contributed by atoms with Crippen molar-refractivity contribution < 1.29 is 90.9 Å². The Balaban J connectivity index is 1.25. The summed E-state index contributed by atoms with van der Waals surface area (Å²) in [7, 11) is 6.46. The molecule has 22 nitrogen and oxygen atoms in total. The highest BCUT2D eigenvalue weighted by atomic mass is 16.6. The smallest absolute Gasteiger partial charge is 0.337 e. The average Bonchev–Trinajstić information content (AvgIpc) is 4.13. The van der Waals surface area contributed by atoms with Gasteiger partial charge < -0.3 is 63.7 Å². The first-order valence-corrected chi connectivity index (χ1v) is 18.3. The third-order valence-electron chi connectivity index (χ3n) is 10.9. The molecular weight excluding hydrogens is 814 g/mol. The van der Waals surface area contributed by atoms with Crippen molar-refractivity contribution in [2.24, 2.45) is 0 Å². The number of fused-ring (bicyclic) bond motifs is 6. The number of ether oxygens (including phenoxy) is 9. The summed E-state index contributed by atoms with van der Waals surface area (Å²) in [5, 5.41) is 19.3. The predicted molar refractivity (Wildman–Crippen MR) is 197 cm³/mol. The average molecular weight is 856 g/mol. The quantitative estimate of drug-likeness (QED) is 0.0640. The second-order valence-corrected chi connectivity index (χ2v) is 14.3. The van der Waals surface area contributed by atoms with Crippen molar-refractivity contribution in [2.75, 3.05) is 62.3 Å². The molecule has 6 bridgehead atoms. The molecular formula is C39H41N3O19. The van der Waals surface area contributed by atoms with Crippen LogP contribution < -0.4 is 16.0 Å². The molecule has 6 unspecified atom stereocenters. The maximum Gasteiger partial charge on any atom is 0.337 e. The van der Waals surface area contributed by atoms with E-state index in [9.17, 15) is 48.3 Å². The van der Waals surface area contributed by atoms with Gasteiger partial charge in [0.1, 0.15) is 35.1 Å². The first kappa shape index (κ1) is 44.1. The Kier molecular flexibility index (Phi) is 11.9. The van der Waals surface area contributed by atoms with Gasteiger partial charge >= 0.3 is 35.8 Å². The van der Waals surface area contributed by atoms with Crippen molar-refractivity contribution >= 4 is 53.5 Å². The second kappa shape index (κ2) is 16.5. The van der Waals surface area contributed by atoms with Gasteiger partial charge in [0.2, 0.25) is 11.8 Å². The maximum atomic E-state index is 14.1. The zero-order valence-electron chi connectivity index (χ0n) is 33.5. The molecule has 6 atom stereocenters. The number of hydrogen-bond acceptors (Lipinski definition) is 19. The highest BCUT2D eigenvalue weighted by molar-refractivity contribution is 6.07. The fraction of sp³-hybridized carbons (Fsp3) is 0.462. The first-order valence-electron chi connectivity index (χ1n) is 18.3. The van der Waals surface area contributed by atoms with E-state index < -0.39 is 127 Å². The van der Waals surface area contributed by atoms with Gasteiger partial charge in [-0.3, -0.25) is 14.4 Å². The standard InChI is InChI=1S/C39H41N3O19/c1-53-29(45)23-18-7-10-37(59-18,26(23)32(48)56-4)15-40-21(43)13-36(52,35(51)42-17-39-12-9-20(61-39)25(31(47)55-3)28(39)34(50)58-6)14-22(44)41-16-38-11-8-19(60-38)24(30(46)54-2)27(38)33(49)57-5/h7-12,18-20,52H,13-17H2,1-6H3,(H,40,43)(H,41,44)(H,42,51). The summed E-state index contributed by atoms with van der Waals surface area (Å²) < 4.78 is 46.7. The van der Waals surface area contributed by atoms with Gasteiger partial charge in [-0.25, -0.2) is 28.8 Å². The summed E-state index contributed by atoms with van der Waals surface area (Å²) in [5.74, 6) is -9.05. The minimum absolute atomic E-state index is 0.163. The van der Waals surface area contributed by atoms with Crippen molar-refractivity contribution in [3.63, 3.8) is 0 Å². The lowest BCUT2D eigenvalue weighted by molar-refractivity contribution is -0.151. The Bertz CT molecular complexity index is 2100. The molecule has 0 aromatic heterocycles. The number of carbonyl (C=O) groups excluding carboxylic acids is 9. The molecule has 0 aromatic rings. The maximum absolute atomic E-state index is 14.1. The lowest BCUT2D eigenvalue weighted by Crippen LogP contribution is -2.56. The van der Waals surface area contributed by atoms with Gasteiger partial charge in [0.05, 0.1) is 109 Å². The normalized spacial score (nSPS) is 28.1. The van der Waals surface area contributed by atoms with E-state index in [1.165, 1.54) is 36.5 Å². The van der Waals surface area contributed by atoms with Crippen LogP contribution in [0.2, 0.25) is 0 Å². The molecule has 6 heterocycles. The highest BCUT2D eigenvalue weighted by Crippen LogP contribution is 2.46. The molecule has 4 N–H and O–H groups in total. The van der Waals surface area contributed by atoms with Gasteiger partial charge in [0.25, 0.3) is 5.91 Å². The molecule has 0 fully saturated rings.